The Morgan fingerprint density at radius 2 is 2.33 bits per heavy atom. The third-order valence-electron chi connectivity index (χ3n) is 4.21. The number of ether oxygens (including phenoxy) is 2. The molecule has 0 radical (unpaired) electrons. The van der Waals surface area contributed by atoms with Crippen molar-refractivity contribution in [1.29, 1.82) is 0 Å². The predicted molar refractivity (Wildman–Crippen MR) is 88.0 cm³/mol. The molecule has 5 heteroatoms. The zero-order valence-corrected chi connectivity index (χ0v) is 14.5. The molecular formula is C16H21BrClNO2. The van der Waals surface area contributed by atoms with Crippen molar-refractivity contribution in [2.75, 3.05) is 19.8 Å². The lowest BCUT2D eigenvalue weighted by Crippen LogP contribution is -2.34. The minimum Gasteiger partial charge on any atom is -0.379 e. The second-order valence-corrected chi connectivity index (χ2v) is 7.22. The zero-order valence-electron chi connectivity index (χ0n) is 12.2. The van der Waals surface area contributed by atoms with E-state index in [4.69, 9.17) is 21.1 Å². The fourth-order valence-electron chi connectivity index (χ4n) is 3.13. The van der Waals surface area contributed by atoms with Crippen molar-refractivity contribution in [1.82, 2.24) is 5.32 Å². The maximum absolute atomic E-state index is 6.18. The third kappa shape index (κ3) is 3.80. The maximum atomic E-state index is 6.18. The van der Waals surface area contributed by atoms with Crippen LogP contribution in [0.25, 0.3) is 0 Å². The Morgan fingerprint density at radius 1 is 1.48 bits per heavy atom. The van der Waals surface area contributed by atoms with Crippen LogP contribution in [0.3, 0.4) is 0 Å². The molecular weight excluding hydrogens is 354 g/mol. The second-order valence-electron chi connectivity index (χ2n) is 5.93. The highest BCUT2D eigenvalue weighted by Crippen LogP contribution is 2.38. The molecule has 1 aliphatic heterocycles. The van der Waals surface area contributed by atoms with Gasteiger partial charge >= 0.3 is 0 Å². The van der Waals surface area contributed by atoms with Gasteiger partial charge in [0.05, 0.1) is 19.3 Å². The first-order chi connectivity index (χ1) is 10.1. The summed E-state index contributed by atoms with van der Waals surface area (Å²) >= 11 is 9.80. The van der Waals surface area contributed by atoms with Crippen LogP contribution in [0.15, 0.2) is 16.6 Å². The van der Waals surface area contributed by atoms with Gasteiger partial charge in [0.1, 0.15) is 0 Å². The van der Waals surface area contributed by atoms with Crippen LogP contribution >= 0.6 is 27.5 Å². The van der Waals surface area contributed by atoms with Crippen LogP contribution in [0.2, 0.25) is 5.02 Å². The molecule has 0 amide bonds. The highest BCUT2D eigenvalue weighted by Gasteiger charge is 2.26. The highest BCUT2D eigenvalue weighted by molar-refractivity contribution is 9.10. The molecule has 3 atom stereocenters. The average molecular weight is 375 g/mol. The molecule has 0 saturated carbocycles. The first-order valence-corrected chi connectivity index (χ1v) is 8.74. The van der Waals surface area contributed by atoms with Crippen molar-refractivity contribution in [3.05, 3.63) is 32.8 Å². The molecule has 3 rings (SSSR count). The van der Waals surface area contributed by atoms with Gasteiger partial charge < -0.3 is 14.8 Å². The van der Waals surface area contributed by atoms with Crippen LogP contribution in [0.1, 0.15) is 36.9 Å². The summed E-state index contributed by atoms with van der Waals surface area (Å²) in [4.78, 5) is 0. The normalized spacial score (nSPS) is 26.0. The second kappa shape index (κ2) is 6.97. The molecule has 0 bridgehead atoms. The molecule has 0 aromatic heterocycles. The van der Waals surface area contributed by atoms with Crippen molar-refractivity contribution >= 4 is 27.5 Å². The first-order valence-electron chi connectivity index (χ1n) is 7.56. The molecule has 1 heterocycles. The van der Waals surface area contributed by atoms with Crippen LogP contribution in [-0.4, -0.2) is 32.0 Å². The van der Waals surface area contributed by atoms with Gasteiger partial charge in [-0.25, -0.2) is 0 Å². The number of hydrogen-bond donors (Lipinski definition) is 1. The lowest BCUT2D eigenvalue weighted by atomic mass is 10.1. The van der Waals surface area contributed by atoms with Crippen LogP contribution in [0, 0.1) is 0 Å². The fourth-order valence-corrected chi connectivity index (χ4v) is 4.16. The summed E-state index contributed by atoms with van der Waals surface area (Å²) in [6.07, 6.45) is 3.50. The Bertz CT molecular complexity index is 505. The van der Waals surface area contributed by atoms with Gasteiger partial charge in [0, 0.05) is 28.2 Å². The van der Waals surface area contributed by atoms with Crippen molar-refractivity contribution in [3.8, 4) is 0 Å². The van der Waals surface area contributed by atoms with E-state index in [1.165, 1.54) is 11.1 Å². The zero-order chi connectivity index (χ0) is 14.8. The maximum Gasteiger partial charge on any atom is 0.0831 e. The third-order valence-corrected chi connectivity index (χ3v) is 5.13. The summed E-state index contributed by atoms with van der Waals surface area (Å²) in [5, 5.41) is 4.46. The smallest absolute Gasteiger partial charge is 0.0831 e. The summed E-state index contributed by atoms with van der Waals surface area (Å²) < 4.78 is 12.3. The molecule has 0 spiro atoms. The van der Waals surface area contributed by atoms with Crippen LogP contribution in [0.5, 0.6) is 0 Å². The average Bonchev–Trinajstić information content (AvgIpc) is 3.07. The minimum absolute atomic E-state index is 0.272. The van der Waals surface area contributed by atoms with Gasteiger partial charge in [-0.05, 0) is 49.4 Å². The van der Waals surface area contributed by atoms with Crippen LogP contribution < -0.4 is 5.32 Å². The first kappa shape index (κ1) is 15.8. The number of halogens is 2. The molecule has 3 nitrogen and oxygen atoms in total. The van der Waals surface area contributed by atoms with E-state index in [1.54, 1.807) is 0 Å². The Kier molecular flexibility index (Phi) is 5.23. The molecule has 1 aromatic rings. The van der Waals surface area contributed by atoms with Crippen molar-refractivity contribution in [2.24, 2.45) is 0 Å². The number of fused-ring (bicyclic) bond motifs is 1. The Labute approximate surface area is 139 Å². The number of benzene rings is 1. The van der Waals surface area contributed by atoms with Crippen molar-refractivity contribution in [2.45, 2.75) is 44.4 Å². The number of rotatable bonds is 5. The number of hydrogen-bond acceptors (Lipinski definition) is 3. The molecule has 1 fully saturated rings. The van der Waals surface area contributed by atoms with Crippen LogP contribution in [-0.2, 0) is 15.9 Å². The molecule has 1 saturated heterocycles. The monoisotopic (exact) mass is 373 g/mol. The predicted octanol–water partition coefficient (Wildman–Crippen LogP) is 3.87. The molecule has 3 unspecified atom stereocenters. The molecule has 1 N–H and O–H groups in total. The lowest BCUT2D eigenvalue weighted by Gasteiger charge is -2.22. The van der Waals surface area contributed by atoms with Gasteiger partial charge in [-0.2, -0.15) is 0 Å². The van der Waals surface area contributed by atoms with Crippen molar-refractivity contribution in [3.63, 3.8) is 0 Å². The largest absolute Gasteiger partial charge is 0.379 e. The fraction of sp³-hybridized carbons (Fsp3) is 0.625. The van der Waals surface area contributed by atoms with E-state index < -0.39 is 0 Å². The minimum atomic E-state index is 0.272. The molecule has 21 heavy (non-hydrogen) atoms. The molecule has 116 valence electrons. The van der Waals surface area contributed by atoms with Gasteiger partial charge in [0.2, 0.25) is 0 Å². The summed E-state index contributed by atoms with van der Waals surface area (Å²) in [7, 11) is 0. The Balaban J connectivity index is 1.57. The van der Waals surface area contributed by atoms with Crippen molar-refractivity contribution < 1.29 is 9.47 Å². The summed E-state index contributed by atoms with van der Waals surface area (Å²) in [6, 6.07) is 4.76. The van der Waals surface area contributed by atoms with E-state index in [2.05, 4.69) is 34.2 Å². The lowest BCUT2D eigenvalue weighted by molar-refractivity contribution is 0.0308. The SMILES string of the molecule is CC(COC1CCOC1)NC1CCc2c(Br)cc(Cl)cc21. The van der Waals surface area contributed by atoms with Gasteiger partial charge in [0.25, 0.3) is 0 Å². The molecule has 1 aliphatic carbocycles. The summed E-state index contributed by atoms with van der Waals surface area (Å²) in [5.74, 6) is 0. The topological polar surface area (TPSA) is 30.5 Å². The van der Waals surface area contributed by atoms with E-state index in [9.17, 15) is 0 Å². The van der Waals surface area contributed by atoms with Gasteiger partial charge in [-0.3, -0.25) is 0 Å². The Hall–Kier alpha value is -0.130. The van der Waals surface area contributed by atoms with Crippen LogP contribution in [0.4, 0.5) is 0 Å². The van der Waals surface area contributed by atoms with E-state index in [-0.39, 0.29) is 6.10 Å². The van der Waals surface area contributed by atoms with Gasteiger partial charge in [-0.15, -0.1) is 0 Å². The molecule has 1 aromatic carbocycles. The Morgan fingerprint density at radius 3 is 3.10 bits per heavy atom. The van der Waals surface area contributed by atoms with E-state index in [1.807, 2.05) is 6.07 Å². The van der Waals surface area contributed by atoms with E-state index in [0.29, 0.717) is 12.1 Å². The summed E-state index contributed by atoms with van der Waals surface area (Å²) in [5.41, 5.74) is 2.71. The summed E-state index contributed by atoms with van der Waals surface area (Å²) in [6.45, 7) is 4.46. The van der Waals surface area contributed by atoms with E-state index in [0.717, 1.165) is 48.6 Å². The molecule has 2 aliphatic rings. The van der Waals surface area contributed by atoms with Gasteiger partial charge in [-0.1, -0.05) is 27.5 Å². The highest BCUT2D eigenvalue weighted by atomic mass is 79.9. The number of nitrogens with one attached hydrogen (secondary N) is 1. The quantitative estimate of drug-likeness (QED) is 0.848. The van der Waals surface area contributed by atoms with E-state index >= 15 is 0 Å². The van der Waals surface area contributed by atoms with Gasteiger partial charge in [0.15, 0.2) is 0 Å². The standard InChI is InChI=1S/C16H21BrClNO2/c1-10(8-21-12-4-5-20-9-12)19-16-3-2-13-14(16)6-11(18)7-15(13)17/h6-7,10,12,16,19H,2-5,8-9H2,1H3.